The number of benzene rings is 1. The normalized spacial score (nSPS) is 13.3. The first-order valence-corrected chi connectivity index (χ1v) is 11.9. The van der Waals surface area contributed by atoms with Crippen molar-refractivity contribution < 1.29 is 33.5 Å². The van der Waals surface area contributed by atoms with Crippen LogP contribution in [0.3, 0.4) is 0 Å². The van der Waals surface area contributed by atoms with Crippen LogP contribution in [0.25, 0.3) is 0 Å². The quantitative estimate of drug-likeness (QED) is 0.174. The zero-order chi connectivity index (χ0) is 26.3. The summed E-state index contributed by atoms with van der Waals surface area (Å²) in [6.07, 6.45) is 4.63. The molecule has 0 saturated carbocycles. The Labute approximate surface area is 209 Å². The van der Waals surface area contributed by atoms with Crippen molar-refractivity contribution in [3.8, 4) is 0 Å². The molecule has 1 atom stereocenters. The third-order valence-electron chi connectivity index (χ3n) is 5.27. The Morgan fingerprint density at radius 2 is 1.61 bits per heavy atom. The lowest BCUT2D eigenvalue weighted by Gasteiger charge is -2.18. The van der Waals surface area contributed by atoms with Gasteiger partial charge in [0.2, 0.25) is 11.8 Å². The average Bonchev–Trinajstić information content (AvgIpc) is 3.18. The molecule has 0 unspecified atom stereocenters. The molecule has 0 fully saturated rings. The number of ether oxygens (including phenoxy) is 1. The molecule has 2 rings (SSSR count). The van der Waals surface area contributed by atoms with Gasteiger partial charge in [-0.1, -0.05) is 36.8 Å². The number of nitrogens with zero attached hydrogens (tertiary/aromatic N) is 1. The van der Waals surface area contributed by atoms with E-state index in [4.69, 9.17) is 4.74 Å². The van der Waals surface area contributed by atoms with E-state index < -0.39 is 31.1 Å². The molecule has 11 nitrogen and oxygen atoms in total. The molecule has 1 aromatic carbocycles. The van der Waals surface area contributed by atoms with Crippen LogP contribution in [0, 0.1) is 0 Å². The predicted octanol–water partition coefficient (Wildman–Crippen LogP) is -0.00520. The van der Waals surface area contributed by atoms with Crippen molar-refractivity contribution in [2.75, 3.05) is 26.2 Å². The van der Waals surface area contributed by atoms with Gasteiger partial charge in [0.05, 0.1) is 0 Å². The van der Waals surface area contributed by atoms with Crippen LogP contribution < -0.4 is 16.0 Å². The summed E-state index contributed by atoms with van der Waals surface area (Å²) < 4.78 is 4.89. The maximum absolute atomic E-state index is 12.3. The van der Waals surface area contributed by atoms with Crippen LogP contribution in [0.5, 0.6) is 0 Å². The van der Waals surface area contributed by atoms with Gasteiger partial charge in [0, 0.05) is 38.1 Å². The van der Waals surface area contributed by atoms with Crippen molar-refractivity contribution >= 4 is 35.5 Å². The van der Waals surface area contributed by atoms with Gasteiger partial charge in [-0.2, -0.15) is 0 Å². The fourth-order valence-electron chi connectivity index (χ4n) is 3.43. The predicted molar refractivity (Wildman–Crippen MR) is 129 cm³/mol. The van der Waals surface area contributed by atoms with Crippen molar-refractivity contribution in [2.45, 2.75) is 45.1 Å². The average molecular weight is 501 g/mol. The first kappa shape index (κ1) is 28.2. The molecule has 0 aromatic heterocycles. The van der Waals surface area contributed by atoms with Crippen molar-refractivity contribution in [1.82, 2.24) is 20.9 Å². The van der Waals surface area contributed by atoms with E-state index in [1.54, 1.807) is 6.92 Å². The molecule has 1 aliphatic heterocycles. The van der Waals surface area contributed by atoms with Crippen molar-refractivity contribution in [3.05, 3.63) is 48.0 Å². The minimum atomic E-state index is -0.823. The minimum Gasteiger partial charge on any atom is -0.454 e. The molecule has 5 amide bonds. The lowest BCUT2D eigenvalue weighted by molar-refractivity contribution is -0.148. The zero-order valence-corrected chi connectivity index (χ0v) is 20.3. The number of carbonyl (C=O) groups excluding carboxylic acids is 6. The lowest BCUT2D eigenvalue weighted by Crippen LogP contribution is -2.49. The monoisotopic (exact) mass is 500 g/mol. The summed E-state index contributed by atoms with van der Waals surface area (Å²) in [5, 5.41) is 7.66. The van der Waals surface area contributed by atoms with Crippen LogP contribution in [0.1, 0.15) is 38.2 Å². The highest BCUT2D eigenvalue weighted by Crippen LogP contribution is 2.08. The molecule has 1 heterocycles. The molecular weight excluding hydrogens is 468 g/mol. The van der Waals surface area contributed by atoms with Crippen LogP contribution in [0.15, 0.2) is 42.5 Å². The van der Waals surface area contributed by atoms with Crippen molar-refractivity contribution in [2.24, 2.45) is 0 Å². The molecule has 0 radical (unpaired) electrons. The first-order valence-electron chi connectivity index (χ1n) is 11.9. The Morgan fingerprint density at radius 3 is 2.28 bits per heavy atom. The van der Waals surface area contributed by atoms with Gasteiger partial charge in [-0.15, -0.1) is 0 Å². The summed E-state index contributed by atoms with van der Waals surface area (Å²) in [6, 6.07) is 8.37. The summed E-state index contributed by atoms with van der Waals surface area (Å²) in [5.74, 6) is -2.78. The minimum absolute atomic E-state index is 0.168. The first-order chi connectivity index (χ1) is 17.3. The van der Waals surface area contributed by atoms with E-state index in [0.29, 0.717) is 32.4 Å². The second kappa shape index (κ2) is 15.1. The highest BCUT2D eigenvalue weighted by molar-refractivity contribution is 6.12. The fraction of sp³-hybridized carbons (Fsp3) is 0.440. The molecule has 36 heavy (non-hydrogen) atoms. The molecule has 0 bridgehead atoms. The van der Waals surface area contributed by atoms with Crippen LogP contribution >= 0.6 is 0 Å². The number of rotatable bonds is 15. The summed E-state index contributed by atoms with van der Waals surface area (Å²) >= 11 is 0. The summed E-state index contributed by atoms with van der Waals surface area (Å²) in [6.45, 7) is 1.50. The van der Waals surface area contributed by atoms with Gasteiger partial charge in [0.25, 0.3) is 17.7 Å². The topological polar surface area (TPSA) is 151 Å². The number of nitrogens with one attached hydrogen (secondary N) is 3. The second-order valence-corrected chi connectivity index (χ2v) is 8.11. The number of likely N-dealkylation sites (N-methyl/N-ethyl adjacent to an activating group) is 1. The molecule has 0 spiro atoms. The molecule has 3 N–H and O–H groups in total. The van der Waals surface area contributed by atoms with Gasteiger partial charge >= 0.3 is 5.97 Å². The number of amides is 5. The molecule has 194 valence electrons. The maximum Gasteiger partial charge on any atom is 0.325 e. The molecule has 1 aliphatic rings. The van der Waals surface area contributed by atoms with Gasteiger partial charge in [-0.25, -0.2) is 0 Å². The Hall–Kier alpha value is -4.02. The number of imide groups is 1. The molecular formula is C25H32N4O7. The van der Waals surface area contributed by atoms with Gasteiger partial charge in [-0.3, -0.25) is 33.7 Å². The van der Waals surface area contributed by atoms with Gasteiger partial charge < -0.3 is 20.7 Å². The number of esters is 1. The smallest absolute Gasteiger partial charge is 0.325 e. The van der Waals surface area contributed by atoms with E-state index in [1.807, 2.05) is 30.3 Å². The molecule has 1 aromatic rings. The third kappa shape index (κ3) is 10.1. The second-order valence-electron chi connectivity index (χ2n) is 8.11. The molecule has 11 heteroatoms. The summed E-state index contributed by atoms with van der Waals surface area (Å²) in [5.41, 5.74) is 0.865. The molecule has 0 saturated heterocycles. The Bertz CT molecular complexity index is 960. The Kier molecular flexibility index (Phi) is 11.8. The van der Waals surface area contributed by atoms with E-state index in [0.717, 1.165) is 10.5 Å². The standard InChI is InChI=1S/C25H32N4O7/c1-2-26-25(35)19(15-18-9-5-3-6-10-18)28-21(31)17-36-24(34)16-27-20(30)11-7-4-8-14-29-22(32)12-13-23(29)33/h3,5-6,9-10,12-13,19H,2,4,7-8,11,14-17H2,1H3,(H,26,35)(H,27,30)(H,28,31)/t19-/m0/s1. The van der Waals surface area contributed by atoms with Crippen LogP contribution in [-0.4, -0.2) is 72.7 Å². The van der Waals surface area contributed by atoms with Crippen LogP contribution in [0.2, 0.25) is 0 Å². The highest BCUT2D eigenvalue weighted by Gasteiger charge is 2.23. The van der Waals surface area contributed by atoms with E-state index in [2.05, 4.69) is 16.0 Å². The number of unbranched alkanes of at least 4 members (excludes halogenated alkanes) is 2. The Balaban J connectivity index is 1.62. The van der Waals surface area contributed by atoms with E-state index in [-0.39, 0.29) is 36.5 Å². The zero-order valence-electron chi connectivity index (χ0n) is 20.3. The molecule has 0 aliphatic carbocycles. The van der Waals surface area contributed by atoms with Crippen molar-refractivity contribution in [3.63, 3.8) is 0 Å². The fourth-order valence-corrected chi connectivity index (χ4v) is 3.43. The van der Waals surface area contributed by atoms with E-state index in [1.165, 1.54) is 12.2 Å². The third-order valence-corrected chi connectivity index (χ3v) is 5.27. The largest absolute Gasteiger partial charge is 0.454 e. The van der Waals surface area contributed by atoms with Gasteiger partial charge in [0.15, 0.2) is 6.61 Å². The summed E-state index contributed by atoms with van der Waals surface area (Å²) in [4.78, 5) is 72.4. The SMILES string of the molecule is CCNC(=O)[C@H](Cc1ccccc1)NC(=O)COC(=O)CNC(=O)CCCCCN1C(=O)C=CC1=O. The van der Waals surface area contributed by atoms with Gasteiger partial charge in [0.1, 0.15) is 12.6 Å². The van der Waals surface area contributed by atoms with Gasteiger partial charge in [-0.05, 0) is 25.3 Å². The lowest BCUT2D eigenvalue weighted by atomic mass is 10.1. The van der Waals surface area contributed by atoms with E-state index in [9.17, 15) is 28.8 Å². The highest BCUT2D eigenvalue weighted by atomic mass is 16.5. The van der Waals surface area contributed by atoms with Crippen LogP contribution in [-0.2, 0) is 39.9 Å². The van der Waals surface area contributed by atoms with Crippen molar-refractivity contribution in [1.29, 1.82) is 0 Å². The number of carbonyl (C=O) groups is 6. The Morgan fingerprint density at radius 1 is 0.917 bits per heavy atom. The number of hydrogen-bond donors (Lipinski definition) is 3. The van der Waals surface area contributed by atoms with E-state index >= 15 is 0 Å². The summed E-state index contributed by atoms with van der Waals surface area (Å²) in [7, 11) is 0. The maximum atomic E-state index is 12.3. The van der Waals surface area contributed by atoms with Crippen LogP contribution in [0.4, 0.5) is 0 Å². The number of hydrogen-bond acceptors (Lipinski definition) is 7.